The van der Waals surface area contributed by atoms with Crippen molar-refractivity contribution in [2.45, 2.75) is 24.5 Å². The van der Waals surface area contributed by atoms with E-state index in [1.165, 1.54) is 12.8 Å². The first-order chi connectivity index (χ1) is 7.41. The molecule has 0 saturated carbocycles. The molecule has 0 aromatic heterocycles. The van der Waals surface area contributed by atoms with E-state index in [1.807, 2.05) is 0 Å². The van der Waals surface area contributed by atoms with Crippen molar-refractivity contribution in [1.29, 1.82) is 0 Å². The van der Waals surface area contributed by atoms with Gasteiger partial charge in [-0.3, -0.25) is 4.90 Å². The largest absolute Gasteiger partial charge is 0.379 e. The van der Waals surface area contributed by atoms with Gasteiger partial charge in [0.25, 0.3) is 0 Å². The van der Waals surface area contributed by atoms with Crippen LogP contribution < -0.4 is 5.32 Å². The van der Waals surface area contributed by atoms with Crippen LogP contribution in [0.4, 0.5) is 0 Å². The second-order valence-corrected chi connectivity index (χ2v) is 4.79. The minimum absolute atomic E-state index is 0.183. The molecule has 3 heterocycles. The van der Waals surface area contributed by atoms with Gasteiger partial charge in [-0.15, -0.1) is 0 Å². The molecule has 3 aliphatic heterocycles. The van der Waals surface area contributed by atoms with E-state index in [2.05, 4.69) is 10.2 Å². The minimum Gasteiger partial charge on any atom is -0.379 e. The molecule has 15 heavy (non-hydrogen) atoms. The molecule has 1 atom stereocenters. The SMILES string of the molecule is C1CC2(CCN1)OCC2N1CCOCC1. The Hall–Kier alpha value is -0.160. The van der Waals surface area contributed by atoms with Crippen molar-refractivity contribution >= 4 is 0 Å². The zero-order chi connectivity index (χ0) is 10.1. The molecule has 0 aliphatic carbocycles. The van der Waals surface area contributed by atoms with Gasteiger partial charge in [-0.1, -0.05) is 0 Å². The summed E-state index contributed by atoms with van der Waals surface area (Å²) < 4.78 is 11.3. The second kappa shape index (κ2) is 4.01. The Balaban J connectivity index is 1.65. The molecule has 1 spiro atoms. The number of nitrogens with zero attached hydrogens (tertiary/aromatic N) is 1. The van der Waals surface area contributed by atoms with Gasteiger partial charge in [-0.2, -0.15) is 0 Å². The number of piperidine rings is 1. The third kappa shape index (κ3) is 1.69. The third-order valence-electron chi connectivity index (χ3n) is 4.07. The smallest absolute Gasteiger partial charge is 0.0884 e. The molecule has 0 radical (unpaired) electrons. The van der Waals surface area contributed by atoms with E-state index < -0.39 is 0 Å². The number of hydrogen-bond donors (Lipinski definition) is 1. The van der Waals surface area contributed by atoms with Crippen molar-refractivity contribution in [2.75, 3.05) is 46.0 Å². The lowest BCUT2D eigenvalue weighted by Gasteiger charge is -2.56. The summed E-state index contributed by atoms with van der Waals surface area (Å²) in [5.74, 6) is 0. The second-order valence-electron chi connectivity index (χ2n) is 4.79. The van der Waals surface area contributed by atoms with E-state index in [9.17, 15) is 0 Å². The summed E-state index contributed by atoms with van der Waals surface area (Å²) in [7, 11) is 0. The van der Waals surface area contributed by atoms with Crippen LogP contribution in [0.5, 0.6) is 0 Å². The van der Waals surface area contributed by atoms with Gasteiger partial charge in [0.1, 0.15) is 0 Å². The highest BCUT2D eigenvalue weighted by Gasteiger charge is 2.51. The normalized spacial score (nSPS) is 36.4. The van der Waals surface area contributed by atoms with Gasteiger partial charge >= 0.3 is 0 Å². The fourth-order valence-electron chi connectivity index (χ4n) is 3.05. The first-order valence-electron chi connectivity index (χ1n) is 6.07. The van der Waals surface area contributed by atoms with Crippen LogP contribution in [0.2, 0.25) is 0 Å². The Morgan fingerprint density at radius 2 is 1.87 bits per heavy atom. The summed E-state index contributed by atoms with van der Waals surface area (Å²) in [6, 6.07) is 0.656. The predicted molar refractivity (Wildman–Crippen MR) is 57.0 cm³/mol. The lowest BCUT2D eigenvalue weighted by Crippen LogP contribution is -2.69. The maximum absolute atomic E-state index is 5.90. The van der Waals surface area contributed by atoms with Crippen LogP contribution >= 0.6 is 0 Å². The molecule has 3 saturated heterocycles. The van der Waals surface area contributed by atoms with Crippen LogP contribution in [-0.4, -0.2) is 62.5 Å². The zero-order valence-corrected chi connectivity index (χ0v) is 9.21. The highest BCUT2D eigenvalue weighted by molar-refractivity contribution is 5.04. The lowest BCUT2D eigenvalue weighted by molar-refractivity contribution is -0.232. The molecule has 86 valence electrons. The van der Waals surface area contributed by atoms with Crippen LogP contribution in [0.3, 0.4) is 0 Å². The van der Waals surface area contributed by atoms with Gasteiger partial charge in [-0.25, -0.2) is 0 Å². The number of ether oxygens (including phenoxy) is 2. The summed E-state index contributed by atoms with van der Waals surface area (Å²) in [5.41, 5.74) is 0.183. The molecule has 3 fully saturated rings. The predicted octanol–water partition coefficient (Wildman–Crippen LogP) is -0.160. The van der Waals surface area contributed by atoms with Crippen molar-refractivity contribution < 1.29 is 9.47 Å². The highest BCUT2D eigenvalue weighted by atomic mass is 16.5. The van der Waals surface area contributed by atoms with Gasteiger partial charge in [0, 0.05) is 13.1 Å². The molecule has 3 rings (SSSR count). The van der Waals surface area contributed by atoms with E-state index in [0.717, 1.165) is 46.0 Å². The molecule has 1 unspecified atom stereocenters. The van der Waals surface area contributed by atoms with E-state index in [0.29, 0.717) is 6.04 Å². The lowest BCUT2D eigenvalue weighted by atomic mass is 9.79. The van der Waals surface area contributed by atoms with Crippen LogP contribution in [-0.2, 0) is 9.47 Å². The average Bonchev–Trinajstić information content (AvgIpc) is 2.30. The molecule has 4 heteroatoms. The van der Waals surface area contributed by atoms with Crippen LogP contribution in [0.1, 0.15) is 12.8 Å². The number of rotatable bonds is 1. The fraction of sp³-hybridized carbons (Fsp3) is 1.00. The Morgan fingerprint density at radius 3 is 2.47 bits per heavy atom. The Kier molecular flexibility index (Phi) is 2.68. The van der Waals surface area contributed by atoms with Crippen molar-refractivity contribution in [3.63, 3.8) is 0 Å². The van der Waals surface area contributed by atoms with Crippen LogP contribution in [0, 0.1) is 0 Å². The molecule has 4 nitrogen and oxygen atoms in total. The highest BCUT2D eigenvalue weighted by Crippen LogP contribution is 2.38. The Labute approximate surface area is 90.9 Å². The van der Waals surface area contributed by atoms with Crippen molar-refractivity contribution in [3.05, 3.63) is 0 Å². The van der Waals surface area contributed by atoms with Gasteiger partial charge in [-0.05, 0) is 25.9 Å². The summed E-state index contributed by atoms with van der Waals surface area (Å²) in [5, 5.41) is 3.41. The molecular formula is C11H20N2O2. The van der Waals surface area contributed by atoms with Gasteiger partial charge in [0.2, 0.25) is 0 Å². The molecule has 0 bridgehead atoms. The molecule has 3 aliphatic rings. The summed E-state index contributed by atoms with van der Waals surface area (Å²) >= 11 is 0. The summed E-state index contributed by atoms with van der Waals surface area (Å²) in [6.07, 6.45) is 2.35. The number of morpholine rings is 1. The van der Waals surface area contributed by atoms with Crippen LogP contribution in [0.15, 0.2) is 0 Å². The summed E-state index contributed by atoms with van der Waals surface area (Å²) in [6.45, 7) is 7.11. The maximum atomic E-state index is 5.90. The molecule has 0 aromatic rings. The standard InChI is InChI=1S/C11H20N2O2/c1-3-12-4-2-11(1)10(9-15-11)13-5-7-14-8-6-13/h10,12H,1-9H2. The maximum Gasteiger partial charge on any atom is 0.0884 e. The fourth-order valence-corrected chi connectivity index (χ4v) is 3.05. The average molecular weight is 212 g/mol. The van der Waals surface area contributed by atoms with E-state index in [-0.39, 0.29) is 5.60 Å². The van der Waals surface area contributed by atoms with Crippen LogP contribution in [0.25, 0.3) is 0 Å². The number of nitrogens with one attached hydrogen (secondary N) is 1. The van der Waals surface area contributed by atoms with Crippen molar-refractivity contribution in [1.82, 2.24) is 10.2 Å². The Bertz CT molecular complexity index is 223. The van der Waals surface area contributed by atoms with E-state index in [4.69, 9.17) is 9.47 Å². The number of hydrogen-bond acceptors (Lipinski definition) is 4. The van der Waals surface area contributed by atoms with Gasteiger partial charge in [0.05, 0.1) is 31.5 Å². The first kappa shape index (κ1) is 10.0. The third-order valence-corrected chi connectivity index (χ3v) is 4.07. The van der Waals surface area contributed by atoms with Gasteiger partial charge < -0.3 is 14.8 Å². The van der Waals surface area contributed by atoms with Crippen molar-refractivity contribution in [2.24, 2.45) is 0 Å². The molecule has 1 N–H and O–H groups in total. The topological polar surface area (TPSA) is 33.7 Å². The monoisotopic (exact) mass is 212 g/mol. The summed E-state index contributed by atoms with van der Waals surface area (Å²) in [4.78, 5) is 2.57. The van der Waals surface area contributed by atoms with Crippen molar-refractivity contribution in [3.8, 4) is 0 Å². The molecule has 0 amide bonds. The zero-order valence-electron chi connectivity index (χ0n) is 9.21. The molecule has 0 aromatic carbocycles. The van der Waals surface area contributed by atoms with E-state index >= 15 is 0 Å². The van der Waals surface area contributed by atoms with E-state index in [1.54, 1.807) is 0 Å². The quantitative estimate of drug-likeness (QED) is 0.655. The first-order valence-corrected chi connectivity index (χ1v) is 6.07. The minimum atomic E-state index is 0.183. The van der Waals surface area contributed by atoms with Gasteiger partial charge in [0.15, 0.2) is 0 Å². The Morgan fingerprint density at radius 1 is 1.13 bits per heavy atom. The molecular weight excluding hydrogens is 192 g/mol.